The van der Waals surface area contributed by atoms with Crippen molar-refractivity contribution >= 4 is 44.7 Å². The highest BCUT2D eigenvalue weighted by Crippen LogP contribution is 2.31. The Morgan fingerprint density at radius 3 is 1.14 bits per heavy atom. The summed E-state index contributed by atoms with van der Waals surface area (Å²) in [5.74, 6) is -71.3. The van der Waals surface area contributed by atoms with Crippen molar-refractivity contribution in [2.45, 2.75) is 6.54 Å². The van der Waals surface area contributed by atoms with Crippen LogP contribution in [0, 0.1) is 116 Å². The first kappa shape index (κ1) is 50.9. The quantitative estimate of drug-likeness (QED) is 0.0290. The monoisotopic (exact) mass is 1020 g/mol. The first-order chi connectivity index (χ1) is 33.5. The minimum atomic E-state index is -7.22. The van der Waals surface area contributed by atoms with Gasteiger partial charge in [-0.05, 0) is 22.9 Å². The number of ether oxygens (including phenoxy) is 1. The number of fused-ring (bicyclic) bond motifs is 1. The number of carbonyl (C=O) groups is 1. The topological polar surface area (TPSA) is 43.1 Å². The van der Waals surface area contributed by atoms with Crippen LogP contribution in [0.4, 0.5) is 87.8 Å². The van der Waals surface area contributed by atoms with Gasteiger partial charge in [0, 0.05) is 5.56 Å². The first-order valence-electron chi connectivity index (χ1n) is 19.3. The van der Waals surface area contributed by atoms with Crippen LogP contribution >= 0.6 is 0 Å². The van der Waals surface area contributed by atoms with E-state index in [1.165, 1.54) is 6.20 Å². The molecule has 0 spiro atoms. The van der Waals surface area contributed by atoms with Crippen molar-refractivity contribution in [3.05, 3.63) is 219 Å². The van der Waals surface area contributed by atoms with Gasteiger partial charge in [-0.3, -0.25) is 4.98 Å². The predicted octanol–water partition coefficient (Wildman–Crippen LogP) is 9.64. The molecule has 25 heteroatoms. The van der Waals surface area contributed by atoms with Crippen molar-refractivity contribution in [3.8, 4) is 5.75 Å². The molecule has 0 N–H and O–H groups in total. The van der Waals surface area contributed by atoms with Crippen LogP contribution in [0.5, 0.6) is 5.75 Å². The van der Waals surface area contributed by atoms with Crippen LogP contribution in [0.15, 0.2) is 91.4 Å². The third-order valence-corrected chi connectivity index (χ3v) is 10.9. The fourth-order valence-electron chi connectivity index (χ4n) is 7.74. The molecule has 0 aliphatic heterocycles. The lowest BCUT2D eigenvalue weighted by Crippen LogP contribution is -2.81. The number of esters is 1. The number of hydrogen-bond acceptors (Lipinski definition) is 3. The van der Waals surface area contributed by atoms with E-state index in [4.69, 9.17) is 4.74 Å². The maximum Gasteiger partial charge on any atom is 0.410 e. The van der Waals surface area contributed by atoms with Crippen LogP contribution in [-0.2, 0) is 6.54 Å². The lowest BCUT2D eigenvalue weighted by molar-refractivity contribution is -0.691. The second kappa shape index (κ2) is 19.4. The second-order valence-corrected chi connectivity index (χ2v) is 14.8. The molecule has 0 saturated heterocycles. The zero-order valence-corrected chi connectivity index (χ0v) is 34.2. The molecule has 0 amide bonds. The Hall–Kier alpha value is -7.99. The van der Waals surface area contributed by atoms with Crippen LogP contribution in [0.3, 0.4) is 0 Å². The third-order valence-electron chi connectivity index (χ3n) is 10.9. The average Bonchev–Trinajstić information content (AvgIpc) is 3.36. The molecule has 0 aliphatic carbocycles. The summed E-state index contributed by atoms with van der Waals surface area (Å²) in [6.45, 7) is 0.575. The number of hydrogen-bond donors (Lipinski definition) is 0. The van der Waals surface area contributed by atoms with Crippen molar-refractivity contribution in [1.29, 1.82) is 0 Å². The molecular weight excluding hydrogens is 1000 g/mol. The molecule has 1 aromatic heterocycles. The summed E-state index contributed by atoms with van der Waals surface area (Å²) in [6.07, 6.45) is -2.24. The molecule has 0 atom stereocenters. The van der Waals surface area contributed by atoms with E-state index >= 15 is 35.1 Å². The Morgan fingerprint density at radius 1 is 0.423 bits per heavy atom. The lowest BCUT2D eigenvalue weighted by Gasteiger charge is -2.44. The molecular formula is C46H17BF20N2O2. The molecule has 4 nitrogen and oxygen atoms in total. The minimum Gasteiger partial charge on any atom is -0.418 e. The van der Waals surface area contributed by atoms with Crippen LogP contribution in [0.25, 0.3) is 10.8 Å². The highest BCUT2D eigenvalue weighted by atomic mass is 19.2. The molecule has 8 rings (SSSR count). The van der Waals surface area contributed by atoms with E-state index in [1.54, 1.807) is 18.5 Å². The number of benzene rings is 7. The van der Waals surface area contributed by atoms with Gasteiger partial charge in [0.1, 0.15) is 64.6 Å². The molecule has 0 bridgehead atoms. The highest BCUT2D eigenvalue weighted by molar-refractivity contribution is 7.20. The van der Waals surface area contributed by atoms with Gasteiger partial charge in [-0.15, -0.1) is 21.9 Å². The summed E-state index contributed by atoms with van der Waals surface area (Å²) in [7, 11) is 0. The Balaban J connectivity index is 0.000000240. The van der Waals surface area contributed by atoms with Gasteiger partial charge in [-0.25, -0.2) is 92.6 Å². The van der Waals surface area contributed by atoms with E-state index < -0.39 is 150 Å². The summed E-state index contributed by atoms with van der Waals surface area (Å²) in [6, 6.07) is 23.5. The minimum absolute atomic E-state index is 0.407. The van der Waals surface area contributed by atoms with Crippen molar-refractivity contribution in [3.63, 3.8) is 0 Å². The SMILES string of the molecule is Fc1c(F)c(F)c([B-](c2c(F)c(F)c(F)c(F)c2F)(c2c(F)c(F)c(F)c(F)c2F)c2c(F)c(F)c(F)c(F)c2F)c(F)c1F.O=C(Oc1ccc2ccccc2c1)c1cncc[n+]1Cc1ccccc1. The van der Waals surface area contributed by atoms with Crippen molar-refractivity contribution in [1.82, 2.24) is 4.98 Å². The Kier molecular flexibility index (Phi) is 13.9. The molecule has 0 aliphatic rings. The van der Waals surface area contributed by atoms with Crippen molar-refractivity contribution in [2.24, 2.45) is 0 Å². The van der Waals surface area contributed by atoms with Crippen LogP contribution < -0.4 is 31.2 Å². The second-order valence-electron chi connectivity index (χ2n) is 14.8. The standard InChI is InChI=1S/C24BF20.C22H17N2O2/c26-5-1(6(27)14(35)21(42)13(5)34)25(2-7(28)15(36)22(43)16(37)8(2)29,3-9(30)17(38)23(44)18(39)10(3)31)4-11(32)19(40)24(45)20(41)12(4)33;25-22(26-20-11-10-18-8-4-5-9-19(18)14-20)21-15-23-12-13-24(21)16-17-6-2-1-3-7-17/h;1-15H,16H2/q-1;+1. The summed E-state index contributed by atoms with van der Waals surface area (Å²) in [4.78, 5) is 16.8. The van der Waals surface area contributed by atoms with E-state index in [1.807, 2.05) is 71.3 Å². The molecule has 7 aromatic carbocycles. The van der Waals surface area contributed by atoms with Crippen molar-refractivity contribution in [2.75, 3.05) is 0 Å². The molecule has 366 valence electrons. The summed E-state index contributed by atoms with van der Waals surface area (Å²) < 4.78 is 301. The zero-order valence-electron chi connectivity index (χ0n) is 34.2. The maximum atomic E-state index is 15.4. The molecule has 1 heterocycles. The van der Waals surface area contributed by atoms with Crippen LogP contribution in [0.1, 0.15) is 16.1 Å². The van der Waals surface area contributed by atoms with E-state index in [0.29, 0.717) is 18.0 Å². The van der Waals surface area contributed by atoms with E-state index in [9.17, 15) is 57.5 Å². The normalized spacial score (nSPS) is 11.5. The lowest BCUT2D eigenvalue weighted by atomic mass is 9.12. The third kappa shape index (κ3) is 8.41. The first-order valence-corrected chi connectivity index (χ1v) is 19.3. The predicted molar refractivity (Wildman–Crippen MR) is 208 cm³/mol. The molecule has 0 unspecified atom stereocenters. The number of carbonyl (C=O) groups excluding carboxylic acids is 1. The largest absolute Gasteiger partial charge is 0.418 e. The number of nitrogens with zero attached hydrogens (tertiary/aromatic N) is 2. The van der Waals surface area contributed by atoms with Gasteiger partial charge in [0.05, 0.1) is 6.20 Å². The maximum absolute atomic E-state index is 15.4. The van der Waals surface area contributed by atoms with Gasteiger partial charge >= 0.3 is 11.7 Å². The Labute approximate surface area is 382 Å². The smallest absolute Gasteiger partial charge is 0.410 e. The molecule has 0 fully saturated rings. The summed E-state index contributed by atoms with van der Waals surface area (Å²) in [5, 5.41) is 2.13. The zero-order chi connectivity index (χ0) is 52.1. The number of aromatic nitrogens is 2. The summed E-state index contributed by atoms with van der Waals surface area (Å²) in [5.41, 5.74) is -12.8. The van der Waals surface area contributed by atoms with Gasteiger partial charge in [0.15, 0.2) is 82.5 Å². The fourth-order valence-corrected chi connectivity index (χ4v) is 7.74. The number of rotatable bonds is 8. The summed E-state index contributed by atoms with van der Waals surface area (Å²) >= 11 is 0. The molecule has 8 aromatic rings. The Bertz CT molecular complexity index is 3090. The van der Waals surface area contributed by atoms with Gasteiger partial charge in [0.25, 0.3) is 0 Å². The van der Waals surface area contributed by atoms with E-state index in [0.717, 1.165) is 16.3 Å². The van der Waals surface area contributed by atoms with Crippen LogP contribution in [0.2, 0.25) is 0 Å². The van der Waals surface area contributed by atoms with Gasteiger partial charge < -0.3 is 4.74 Å². The average molecular weight is 1020 g/mol. The fraction of sp³-hybridized carbons (Fsp3) is 0.0217. The van der Waals surface area contributed by atoms with Crippen molar-refractivity contribution < 1.29 is 102 Å². The van der Waals surface area contributed by atoms with Gasteiger partial charge in [-0.1, -0.05) is 60.7 Å². The molecule has 0 saturated carbocycles. The Morgan fingerprint density at radius 2 is 0.761 bits per heavy atom. The van der Waals surface area contributed by atoms with E-state index in [-0.39, 0.29) is 0 Å². The highest BCUT2D eigenvalue weighted by Gasteiger charge is 2.52. The van der Waals surface area contributed by atoms with Crippen LogP contribution in [-0.4, -0.2) is 17.1 Å². The van der Waals surface area contributed by atoms with Gasteiger partial charge in [0.2, 0.25) is 0 Å². The molecule has 71 heavy (non-hydrogen) atoms. The van der Waals surface area contributed by atoms with Gasteiger partial charge in [-0.2, -0.15) is 4.57 Å². The molecule has 0 radical (unpaired) electrons. The number of halogens is 20. The van der Waals surface area contributed by atoms with E-state index in [2.05, 4.69) is 4.98 Å².